The predicted molar refractivity (Wildman–Crippen MR) is 48.0 cm³/mol. The first kappa shape index (κ1) is 8.59. The van der Waals surface area contributed by atoms with Gasteiger partial charge in [-0.1, -0.05) is 0 Å². The van der Waals surface area contributed by atoms with Crippen LogP contribution < -0.4 is 5.73 Å². The normalized spacial score (nSPS) is 18.6. The van der Waals surface area contributed by atoms with E-state index in [1.54, 1.807) is 6.20 Å². The molecule has 1 aliphatic carbocycles. The maximum Gasteiger partial charge on any atom is 0.158 e. The van der Waals surface area contributed by atoms with Crippen molar-refractivity contribution in [3.8, 4) is 0 Å². The van der Waals surface area contributed by atoms with Gasteiger partial charge in [0.05, 0.1) is 0 Å². The van der Waals surface area contributed by atoms with E-state index in [4.69, 9.17) is 5.73 Å². The maximum atomic E-state index is 9.41. The number of nitrogens with two attached hydrogens (primary N) is 1. The van der Waals surface area contributed by atoms with E-state index in [9.17, 15) is 5.11 Å². The number of aliphatic hydroxyl groups is 1. The molecule has 1 saturated carbocycles. The van der Waals surface area contributed by atoms with E-state index in [0.29, 0.717) is 11.7 Å². The van der Waals surface area contributed by atoms with Gasteiger partial charge in [-0.3, -0.25) is 0 Å². The number of nitrogens with zero attached hydrogens (tertiary/aromatic N) is 2. The monoisotopic (exact) mass is 179 g/mol. The van der Waals surface area contributed by atoms with Crippen LogP contribution in [-0.4, -0.2) is 21.6 Å². The molecule has 3 N–H and O–H groups in total. The quantitative estimate of drug-likeness (QED) is 0.702. The molecule has 4 heteroatoms. The minimum absolute atomic E-state index is 0.175. The molecule has 0 aliphatic heterocycles. The van der Waals surface area contributed by atoms with Crippen molar-refractivity contribution in [2.45, 2.75) is 24.9 Å². The van der Waals surface area contributed by atoms with E-state index in [1.807, 2.05) is 6.07 Å². The van der Waals surface area contributed by atoms with Crippen LogP contribution in [-0.2, 0) is 0 Å². The molecule has 1 aliphatic rings. The van der Waals surface area contributed by atoms with Crippen molar-refractivity contribution in [1.82, 2.24) is 9.97 Å². The van der Waals surface area contributed by atoms with Crippen molar-refractivity contribution in [1.29, 1.82) is 0 Å². The summed E-state index contributed by atoms with van der Waals surface area (Å²) >= 11 is 0. The summed E-state index contributed by atoms with van der Waals surface area (Å²) in [6, 6.07) is 1.91. The predicted octanol–water partition coefficient (Wildman–Crippen LogP) is 0.346. The third-order valence-electron chi connectivity index (χ3n) is 2.21. The highest BCUT2D eigenvalue weighted by molar-refractivity contribution is 5.14. The molecule has 1 fully saturated rings. The standard InChI is InChI=1S/C9H13N3O/c10-5-8(13)9-11-4-3-7(12-9)6-1-2-6/h3-4,6,8,13H,1-2,5,10H2. The summed E-state index contributed by atoms with van der Waals surface area (Å²) in [7, 11) is 0. The van der Waals surface area contributed by atoms with Crippen LogP contribution in [0, 0.1) is 0 Å². The Kier molecular flexibility index (Phi) is 2.24. The van der Waals surface area contributed by atoms with Crippen LogP contribution in [0.25, 0.3) is 0 Å². The van der Waals surface area contributed by atoms with Gasteiger partial charge >= 0.3 is 0 Å². The average Bonchev–Trinajstić information content (AvgIpc) is 3.00. The summed E-state index contributed by atoms with van der Waals surface area (Å²) < 4.78 is 0. The zero-order valence-electron chi connectivity index (χ0n) is 7.35. The Labute approximate surface area is 76.8 Å². The van der Waals surface area contributed by atoms with E-state index in [0.717, 1.165) is 5.69 Å². The lowest BCUT2D eigenvalue weighted by atomic mass is 10.2. The highest BCUT2D eigenvalue weighted by atomic mass is 16.3. The molecular formula is C9H13N3O. The van der Waals surface area contributed by atoms with E-state index in [1.165, 1.54) is 12.8 Å². The lowest BCUT2D eigenvalue weighted by molar-refractivity contribution is 0.176. The van der Waals surface area contributed by atoms with Gasteiger partial charge in [-0.2, -0.15) is 0 Å². The maximum absolute atomic E-state index is 9.41. The highest BCUT2D eigenvalue weighted by Gasteiger charge is 2.25. The van der Waals surface area contributed by atoms with Gasteiger partial charge in [0.15, 0.2) is 5.82 Å². The third kappa shape index (κ3) is 1.84. The van der Waals surface area contributed by atoms with Gasteiger partial charge in [-0.25, -0.2) is 9.97 Å². The van der Waals surface area contributed by atoms with Crippen LogP contribution in [0.4, 0.5) is 0 Å². The molecule has 1 aromatic rings. The molecule has 0 amide bonds. The van der Waals surface area contributed by atoms with Crippen molar-refractivity contribution < 1.29 is 5.11 Å². The Morgan fingerprint density at radius 3 is 3.00 bits per heavy atom. The first-order valence-corrected chi connectivity index (χ1v) is 4.52. The largest absolute Gasteiger partial charge is 0.384 e. The van der Waals surface area contributed by atoms with Gasteiger partial charge in [0.25, 0.3) is 0 Å². The molecule has 0 bridgehead atoms. The molecule has 1 unspecified atom stereocenters. The number of aliphatic hydroxyl groups excluding tert-OH is 1. The summed E-state index contributed by atoms with van der Waals surface area (Å²) in [5, 5.41) is 9.41. The summed E-state index contributed by atoms with van der Waals surface area (Å²) in [6.07, 6.45) is 3.37. The zero-order chi connectivity index (χ0) is 9.26. The topological polar surface area (TPSA) is 72.0 Å². The molecule has 13 heavy (non-hydrogen) atoms. The van der Waals surface area contributed by atoms with Crippen LogP contribution in [0.15, 0.2) is 12.3 Å². The zero-order valence-corrected chi connectivity index (χ0v) is 7.35. The summed E-state index contributed by atoms with van der Waals surface area (Å²) in [5.41, 5.74) is 6.36. The molecule has 4 nitrogen and oxygen atoms in total. The summed E-state index contributed by atoms with van der Waals surface area (Å²) in [4.78, 5) is 8.24. The lowest BCUT2D eigenvalue weighted by Gasteiger charge is -2.06. The van der Waals surface area contributed by atoms with Crippen molar-refractivity contribution in [2.75, 3.05) is 6.54 Å². The van der Waals surface area contributed by atoms with Gasteiger partial charge in [0, 0.05) is 24.4 Å². The van der Waals surface area contributed by atoms with Gasteiger partial charge < -0.3 is 10.8 Å². The second-order valence-corrected chi connectivity index (χ2v) is 3.37. The van der Waals surface area contributed by atoms with Crippen molar-refractivity contribution in [3.05, 3.63) is 23.8 Å². The number of hydrogen-bond acceptors (Lipinski definition) is 4. The fourth-order valence-electron chi connectivity index (χ4n) is 1.26. The molecule has 2 rings (SSSR count). The van der Waals surface area contributed by atoms with Crippen molar-refractivity contribution in [3.63, 3.8) is 0 Å². The highest BCUT2D eigenvalue weighted by Crippen LogP contribution is 2.38. The van der Waals surface area contributed by atoms with Crippen LogP contribution in [0.3, 0.4) is 0 Å². The average molecular weight is 179 g/mol. The first-order valence-electron chi connectivity index (χ1n) is 4.52. The second-order valence-electron chi connectivity index (χ2n) is 3.37. The molecular weight excluding hydrogens is 166 g/mol. The summed E-state index contributed by atoms with van der Waals surface area (Å²) in [6.45, 7) is 0.175. The third-order valence-corrected chi connectivity index (χ3v) is 2.21. The minimum Gasteiger partial charge on any atom is -0.384 e. The Hall–Kier alpha value is -1.00. The number of aromatic nitrogens is 2. The Morgan fingerprint density at radius 2 is 2.38 bits per heavy atom. The van der Waals surface area contributed by atoms with Crippen molar-refractivity contribution >= 4 is 0 Å². The molecule has 0 spiro atoms. The molecule has 0 saturated heterocycles. The minimum atomic E-state index is -0.723. The lowest BCUT2D eigenvalue weighted by Crippen LogP contribution is -2.15. The van der Waals surface area contributed by atoms with Crippen molar-refractivity contribution in [2.24, 2.45) is 5.73 Å². The van der Waals surface area contributed by atoms with Gasteiger partial charge in [-0.15, -0.1) is 0 Å². The van der Waals surface area contributed by atoms with E-state index < -0.39 is 6.10 Å². The van der Waals surface area contributed by atoms with Gasteiger partial charge in [-0.05, 0) is 18.9 Å². The molecule has 1 aromatic heterocycles. The van der Waals surface area contributed by atoms with Crippen LogP contribution in [0.1, 0.15) is 36.4 Å². The fourth-order valence-corrected chi connectivity index (χ4v) is 1.26. The van der Waals surface area contributed by atoms with E-state index in [2.05, 4.69) is 9.97 Å². The van der Waals surface area contributed by atoms with Gasteiger partial charge in [0.1, 0.15) is 6.10 Å². The van der Waals surface area contributed by atoms with Crippen LogP contribution >= 0.6 is 0 Å². The van der Waals surface area contributed by atoms with Crippen LogP contribution in [0.5, 0.6) is 0 Å². The molecule has 70 valence electrons. The molecule has 0 radical (unpaired) electrons. The second kappa shape index (κ2) is 3.40. The van der Waals surface area contributed by atoms with E-state index in [-0.39, 0.29) is 6.54 Å². The SMILES string of the molecule is NCC(O)c1nccc(C2CC2)n1. The molecule has 1 heterocycles. The molecule has 0 aromatic carbocycles. The Morgan fingerprint density at radius 1 is 1.62 bits per heavy atom. The van der Waals surface area contributed by atoms with Crippen LogP contribution in [0.2, 0.25) is 0 Å². The summed E-state index contributed by atoms with van der Waals surface area (Å²) in [5.74, 6) is 1.04. The fraction of sp³-hybridized carbons (Fsp3) is 0.556. The molecule has 1 atom stereocenters. The smallest absolute Gasteiger partial charge is 0.158 e. The Balaban J connectivity index is 2.21. The number of rotatable bonds is 3. The first-order chi connectivity index (χ1) is 6.31. The van der Waals surface area contributed by atoms with Gasteiger partial charge in [0.2, 0.25) is 0 Å². The Bertz CT molecular complexity index is 299. The van der Waals surface area contributed by atoms with E-state index >= 15 is 0 Å². The number of hydrogen-bond donors (Lipinski definition) is 2.